The second-order valence-corrected chi connectivity index (χ2v) is 7.89. The van der Waals surface area contributed by atoms with Gasteiger partial charge in [0.05, 0.1) is 17.1 Å². The summed E-state index contributed by atoms with van der Waals surface area (Å²) in [7, 11) is 0. The first-order chi connectivity index (χ1) is 14.7. The van der Waals surface area contributed by atoms with Crippen molar-refractivity contribution in [1.82, 2.24) is 14.9 Å². The molecule has 4 aromatic rings. The van der Waals surface area contributed by atoms with Crippen LogP contribution in [0.3, 0.4) is 0 Å². The maximum atomic E-state index is 11.7. The molecular formula is C25H23N3O2. The number of H-pyrrole nitrogens is 1. The van der Waals surface area contributed by atoms with E-state index in [2.05, 4.69) is 41.4 Å². The molecule has 0 bridgehead atoms. The zero-order chi connectivity index (χ0) is 20.5. The summed E-state index contributed by atoms with van der Waals surface area (Å²) in [6.07, 6.45) is 2.64. The molecule has 0 radical (unpaired) electrons. The zero-order valence-electron chi connectivity index (χ0n) is 16.5. The highest BCUT2D eigenvalue weighted by atomic mass is 16.3. The van der Waals surface area contributed by atoms with Gasteiger partial charge in [-0.25, -0.2) is 4.98 Å². The van der Waals surface area contributed by atoms with E-state index >= 15 is 0 Å². The van der Waals surface area contributed by atoms with Crippen molar-refractivity contribution in [3.05, 3.63) is 84.2 Å². The molecule has 5 rings (SSSR count). The summed E-state index contributed by atoms with van der Waals surface area (Å²) in [4.78, 5) is 21.7. The van der Waals surface area contributed by atoms with Gasteiger partial charge in [-0.2, -0.15) is 0 Å². The fourth-order valence-corrected chi connectivity index (χ4v) is 4.42. The summed E-state index contributed by atoms with van der Waals surface area (Å²) >= 11 is 0. The third kappa shape index (κ3) is 3.43. The van der Waals surface area contributed by atoms with Crippen molar-refractivity contribution in [3.8, 4) is 16.9 Å². The summed E-state index contributed by atoms with van der Waals surface area (Å²) in [5, 5.41) is 9.72. The van der Waals surface area contributed by atoms with Crippen LogP contribution < -0.4 is 0 Å². The maximum Gasteiger partial charge on any atom is 0.210 e. The molecule has 1 aliphatic heterocycles. The molecule has 1 saturated heterocycles. The van der Waals surface area contributed by atoms with Crippen LogP contribution in [-0.2, 0) is 4.79 Å². The second-order valence-electron chi connectivity index (χ2n) is 7.89. The molecule has 30 heavy (non-hydrogen) atoms. The Balaban J connectivity index is 1.42. The van der Waals surface area contributed by atoms with Crippen LogP contribution in [0.1, 0.15) is 36.2 Å². The lowest BCUT2D eigenvalue weighted by atomic mass is 9.86. The Kier molecular flexibility index (Phi) is 4.71. The average molecular weight is 397 g/mol. The number of benzene rings is 3. The summed E-state index contributed by atoms with van der Waals surface area (Å²) in [5.74, 6) is 1.38. The number of nitrogens with one attached hydrogen (secondary N) is 1. The molecule has 0 aliphatic carbocycles. The first-order valence-corrected chi connectivity index (χ1v) is 10.3. The number of rotatable bonds is 4. The minimum Gasteiger partial charge on any atom is -0.508 e. The van der Waals surface area contributed by atoms with Crippen LogP contribution in [0.2, 0.25) is 0 Å². The van der Waals surface area contributed by atoms with E-state index < -0.39 is 0 Å². The lowest BCUT2D eigenvalue weighted by Gasteiger charge is -2.37. The Labute approximate surface area is 175 Å². The Morgan fingerprint density at radius 3 is 2.53 bits per heavy atom. The molecule has 0 saturated carbocycles. The van der Waals surface area contributed by atoms with E-state index in [9.17, 15) is 9.90 Å². The number of fused-ring (bicyclic) bond motifs is 1. The smallest absolute Gasteiger partial charge is 0.210 e. The molecule has 1 amide bonds. The molecule has 1 aromatic heterocycles. The summed E-state index contributed by atoms with van der Waals surface area (Å²) < 4.78 is 0. The van der Waals surface area contributed by atoms with Crippen LogP contribution in [0.5, 0.6) is 5.75 Å². The predicted octanol–water partition coefficient (Wildman–Crippen LogP) is 5.01. The van der Waals surface area contributed by atoms with Crippen molar-refractivity contribution in [1.29, 1.82) is 0 Å². The molecule has 2 unspecified atom stereocenters. The molecule has 5 heteroatoms. The van der Waals surface area contributed by atoms with Gasteiger partial charge in [0.1, 0.15) is 11.6 Å². The van der Waals surface area contributed by atoms with Gasteiger partial charge in [0.25, 0.3) is 0 Å². The Morgan fingerprint density at radius 2 is 1.77 bits per heavy atom. The Hall–Kier alpha value is -3.60. The zero-order valence-corrected chi connectivity index (χ0v) is 16.5. The molecule has 0 spiro atoms. The van der Waals surface area contributed by atoms with Crippen LogP contribution in [0.25, 0.3) is 22.2 Å². The summed E-state index contributed by atoms with van der Waals surface area (Å²) in [5.41, 5.74) is 5.18. The van der Waals surface area contributed by atoms with Crippen molar-refractivity contribution < 1.29 is 9.90 Å². The van der Waals surface area contributed by atoms with E-state index in [4.69, 9.17) is 4.98 Å². The van der Waals surface area contributed by atoms with Gasteiger partial charge in [-0.1, -0.05) is 54.6 Å². The lowest BCUT2D eigenvalue weighted by molar-refractivity contribution is -0.121. The molecular weight excluding hydrogens is 374 g/mol. The van der Waals surface area contributed by atoms with Crippen LogP contribution in [0.4, 0.5) is 0 Å². The van der Waals surface area contributed by atoms with Gasteiger partial charge in [0.2, 0.25) is 6.41 Å². The standard InChI is InChI=1S/C25H23N3O2/c29-16-28-13-12-20(25-26-22-11-10-21(30)15-23(22)27-25)14-24(28)19-8-6-18(7-9-19)17-4-2-1-3-5-17/h1-11,15-16,20,24,30H,12-14H2,(H,26,27). The van der Waals surface area contributed by atoms with Gasteiger partial charge in [-0.05, 0) is 41.7 Å². The fourth-order valence-electron chi connectivity index (χ4n) is 4.42. The monoisotopic (exact) mass is 397 g/mol. The Morgan fingerprint density at radius 1 is 1.00 bits per heavy atom. The van der Waals surface area contributed by atoms with E-state index in [1.54, 1.807) is 12.1 Å². The van der Waals surface area contributed by atoms with Crippen molar-refractivity contribution in [3.63, 3.8) is 0 Å². The van der Waals surface area contributed by atoms with E-state index in [0.29, 0.717) is 6.54 Å². The Bertz CT molecular complexity index is 1170. The highest BCUT2D eigenvalue weighted by molar-refractivity contribution is 5.76. The van der Waals surface area contributed by atoms with Crippen molar-refractivity contribution in [2.45, 2.75) is 24.8 Å². The number of piperidine rings is 1. The van der Waals surface area contributed by atoms with Crippen LogP contribution in [0, 0.1) is 0 Å². The summed E-state index contributed by atoms with van der Waals surface area (Å²) in [6, 6.07) is 24.0. The maximum absolute atomic E-state index is 11.7. The third-order valence-electron chi connectivity index (χ3n) is 6.05. The van der Waals surface area contributed by atoms with Crippen LogP contribution in [-0.4, -0.2) is 32.9 Å². The molecule has 3 aromatic carbocycles. The van der Waals surface area contributed by atoms with Crippen LogP contribution in [0.15, 0.2) is 72.8 Å². The number of hydrogen-bond acceptors (Lipinski definition) is 3. The quantitative estimate of drug-likeness (QED) is 0.476. The first-order valence-electron chi connectivity index (χ1n) is 10.3. The second kappa shape index (κ2) is 7.67. The molecule has 1 aliphatic rings. The van der Waals surface area contributed by atoms with E-state index in [1.807, 2.05) is 29.2 Å². The number of likely N-dealkylation sites (tertiary alicyclic amines) is 1. The number of aromatic hydroxyl groups is 1. The van der Waals surface area contributed by atoms with E-state index in [0.717, 1.165) is 41.7 Å². The highest BCUT2D eigenvalue weighted by Gasteiger charge is 2.31. The number of aromatic amines is 1. The SMILES string of the molecule is O=CN1CCC(c2nc3ccc(O)cc3[nH]2)CC1c1ccc(-c2ccccc2)cc1. The highest BCUT2D eigenvalue weighted by Crippen LogP contribution is 2.39. The number of hydrogen-bond donors (Lipinski definition) is 2. The number of carbonyl (C=O) groups excluding carboxylic acids is 1. The number of nitrogens with zero attached hydrogens (tertiary/aromatic N) is 2. The van der Waals surface area contributed by atoms with Gasteiger partial charge in [-0.3, -0.25) is 4.79 Å². The normalized spacial score (nSPS) is 19.1. The minimum absolute atomic E-state index is 0.0210. The number of phenolic OH excluding ortho intramolecular Hbond substituents is 1. The molecule has 150 valence electrons. The van der Waals surface area contributed by atoms with Gasteiger partial charge in [0.15, 0.2) is 0 Å². The number of phenols is 1. The molecule has 2 atom stereocenters. The predicted molar refractivity (Wildman–Crippen MR) is 117 cm³/mol. The number of amides is 1. The molecule has 5 nitrogen and oxygen atoms in total. The molecule has 1 fully saturated rings. The summed E-state index contributed by atoms with van der Waals surface area (Å²) in [6.45, 7) is 0.696. The van der Waals surface area contributed by atoms with Crippen molar-refractivity contribution in [2.75, 3.05) is 6.54 Å². The lowest BCUT2D eigenvalue weighted by Crippen LogP contribution is -2.35. The minimum atomic E-state index is 0.0210. The molecule has 2 heterocycles. The van der Waals surface area contributed by atoms with Crippen molar-refractivity contribution >= 4 is 17.4 Å². The van der Waals surface area contributed by atoms with Gasteiger partial charge in [-0.15, -0.1) is 0 Å². The fraction of sp³-hybridized carbons (Fsp3) is 0.200. The first kappa shape index (κ1) is 18.4. The third-order valence-corrected chi connectivity index (χ3v) is 6.05. The van der Waals surface area contributed by atoms with E-state index in [-0.39, 0.29) is 17.7 Å². The largest absolute Gasteiger partial charge is 0.508 e. The number of imidazole rings is 1. The van der Waals surface area contributed by atoms with Gasteiger partial charge in [0, 0.05) is 18.5 Å². The topological polar surface area (TPSA) is 69.2 Å². The van der Waals surface area contributed by atoms with E-state index in [1.165, 1.54) is 11.1 Å². The van der Waals surface area contributed by atoms with Gasteiger partial charge < -0.3 is 15.0 Å². The average Bonchev–Trinajstić information content (AvgIpc) is 3.22. The molecule has 2 N–H and O–H groups in total. The van der Waals surface area contributed by atoms with Crippen molar-refractivity contribution in [2.24, 2.45) is 0 Å². The number of carbonyl (C=O) groups is 1. The van der Waals surface area contributed by atoms with Crippen LogP contribution >= 0.6 is 0 Å². The van der Waals surface area contributed by atoms with Gasteiger partial charge >= 0.3 is 0 Å². The number of aromatic nitrogens is 2.